The van der Waals surface area contributed by atoms with Crippen LogP contribution in [0.3, 0.4) is 0 Å². The van der Waals surface area contributed by atoms with E-state index in [0.29, 0.717) is 38.3 Å². The number of benzene rings is 1. The van der Waals surface area contributed by atoms with Crippen LogP contribution < -0.4 is 4.74 Å². The largest absolute Gasteiger partial charge is 0.484 e. The molecule has 0 radical (unpaired) electrons. The van der Waals surface area contributed by atoms with Gasteiger partial charge in [-0.3, -0.25) is 9.59 Å². The number of carbonyl (C=O) groups is 2. The van der Waals surface area contributed by atoms with E-state index >= 15 is 0 Å². The molecule has 120 valence electrons. The minimum absolute atomic E-state index is 0.0749. The Morgan fingerprint density at radius 1 is 1.05 bits per heavy atom. The molecule has 1 fully saturated rings. The Morgan fingerprint density at radius 3 is 2.14 bits per heavy atom. The predicted octanol–water partition coefficient (Wildman–Crippen LogP) is 1.68. The summed E-state index contributed by atoms with van der Waals surface area (Å²) in [5, 5.41) is 0. The van der Waals surface area contributed by atoms with Gasteiger partial charge in [-0.1, -0.05) is 6.92 Å². The van der Waals surface area contributed by atoms with Crippen molar-refractivity contribution >= 4 is 11.8 Å². The van der Waals surface area contributed by atoms with E-state index in [-0.39, 0.29) is 24.2 Å². The summed E-state index contributed by atoms with van der Waals surface area (Å²) >= 11 is 0. The highest BCUT2D eigenvalue weighted by atomic mass is 19.1. The second kappa shape index (κ2) is 7.77. The number of hydrogen-bond donors (Lipinski definition) is 0. The van der Waals surface area contributed by atoms with Gasteiger partial charge in [0.25, 0.3) is 5.91 Å². The van der Waals surface area contributed by atoms with E-state index in [9.17, 15) is 14.0 Å². The summed E-state index contributed by atoms with van der Waals surface area (Å²) in [5.74, 6) is 0.155. The lowest BCUT2D eigenvalue weighted by Crippen LogP contribution is -2.51. The van der Waals surface area contributed by atoms with Gasteiger partial charge >= 0.3 is 0 Å². The molecule has 0 spiro atoms. The summed E-state index contributed by atoms with van der Waals surface area (Å²) in [6, 6.07) is 5.56. The summed E-state index contributed by atoms with van der Waals surface area (Å²) < 4.78 is 18.1. The number of amides is 2. The summed E-state index contributed by atoms with van der Waals surface area (Å²) in [6.07, 6.45) is 1.39. The van der Waals surface area contributed by atoms with Gasteiger partial charge in [-0.25, -0.2) is 4.39 Å². The first kappa shape index (κ1) is 16.3. The molecular weight excluding hydrogens is 287 g/mol. The topological polar surface area (TPSA) is 49.9 Å². The van der Waals surface area contributed by atoms with Crippen molar-refractivity contribution in [3.8, 4) is 5.75 Å². The molecule has 1 aliphatic rings. The van der Waals surface area contributed by atoms with Crippen LogP contribution in [0.5, 0.6) is 5.75 Å². The Bertz CT molecular complexity index is 511. The first-order valence-electron chi connectivity index (χ1n) is 7.54. The van der Waals surface area contributed by atoms with Crippen molar-refractivity contribution in [1.29, 1.82) is 0 Å². The molecule has 1 aliphatic heterocycles. The molecule has 6 heteroatoms. The number of halogens is 1. The third-order valence-corrected chi connectivity index (χ3v) is 3.62. The number of rotatable bonds is 5. The first-order chi connectivity index (χ1) is 10.6. The molecule has 0 aliphatic carbocycles. The monoisotopic (exact) mass is 308 g/mol. The fourth-order valence-corrected chi connectivity index (χ4v) is 2.34. The maximum absolute atomic E-state index is 12.8. The van der Waals surface area contributed by atoms with E-state index in [2.05, 4.69) is 0 Å². The quantitative estimate of drug-likeness (QED) is 0.831. The van der Waals surface area contributed by atoms with Gasteiger partial charge in [0, 0.05) is 32.6 Å². The molecule has 1 saturated heterocycles. The first-order valence-corrected chi connectivity index (χ1v) is 7.54. The summed E-state index contributed by atoms with van der Waals surface area (Å²) in [5.41, 5.74) is 0. The van der Waals surface area contributed by atoms with E-state index in [1.54, 1.807) is 9.80 Å². The average Bonchev–Trinajstić information content (AvgIpc) is 2.54. The molecule has 0 aromatic heterocycles. The lowest BCUT2D eigenvalue weighted by molar-refractivity contribution is -0.140. The highest BCUT2D eigenvalue weighted by Gasteiger charge is 2.23. The van der Waals surface area contributed by atoms with Crippen molar-refractivity contribution < 1.29 is 18.7 Å². The molecule has 0 unspecified atom stereocenters. The van der Waals surface area contributed by atoms with E-state index in [1.807, 2.05) is 6.92 Å². The number of piperazine rings is 1. The SMILES string of the molecule is CCCC(=O)N1CCN(C(=O)COc2ccc(F)cc2)CC1. The maximum Gasteiger partial charge on any atom is 0.260 e. The van der Waals surface area contributed by atoms with Gasteiger partial charge in [-0.15, -0.1) is 0 Å². The molecule has 22 heavy (non-hydrogen) atoms. The minimum Gasteiger partial charge on any atom is -0.484 e. The van der Waals surface area contributed by atoms with Crippen LogP contribution >= 0.6 is 0 Å². The van der Waals surface area contributed by atoms with E-state index in [4.69, 9.17) is 4.74 Å². The van der Waals surface area contributed by atoms with Crippen LogP contribution in [-0.4, -0.2) is 54.4 Å². The third kappa shape index (κ3) is 4.44. The van der Waals surface area contributed by atoms with Gasteiger partial charge in [0.15, 0.2) is 6.61 Å². The molecule has 2 amide bonds. The Morgan fingerprint density at radius 2 is 1.59 bits per heavy atom. The molecule has 0 atom stereocenters. The summed E-state index contributed by atoms with van der Waals surface area (Å²) in [4.78, 5) is 27.3. The van der Waals surface area contributed by atoms with Crippen molar-refractivity contribution in [3.05, 3.63) is 30.1 Å². The minimum atomic E-state index is -0.341. The zero-order chi connectivity index (χ0) is 15.9. The zero-order valence-electron chi connectivity index (χ0n) is 12.8. The smallest absolute Gasteiger partial charge is 0.260 e. The Kier molecular flexibility index (Phi) is 5.75. The molecule has 2 rings (SSSR count). The Balaban J connectivity index is 1.75. The van der Waals surface area contributed by atoms with Gasteiger partial charge in [0.05, 0.1) is 0 Å². The molecule has 1 aromatic carbocycles. The number of carbonyl (C=O) groups excluding carboxylic acids is 2. The van der Waals surface area contributed by atoms with Crippen molar-refractivity contribution in [2.24, 2.45) is 0 Å². The van der Waals surface area contributed by atoms with Gasteiger partial charge < -0.3 is 14.5 Å². The number of hydrogen-bond acceptors (Lipinski definition) is 3. The molecule has 0 N–H and O–H groups in total. The molecular formula is C16H21FN2O3. The van der Waals surface area contributed by atoms with Crippen LogP contribution in [0.2, 0.25) is 0 Å². The molecule has 0 saturated carbocycles. The molecule has 1 aromatic rings. The standard InChI is InChI=1S/C16H21FN2O3/c1-2-3-15(20)18-8-10-19(11-9-18)16(21)12-22-14-6-4-13(17)5-7-14/h4-7H,2-3,8-12H2,1H3. The highest BCUT2D eigenvalue weighted by Crippen LogP contribution is 2.12. The van der Waals surface area contributed by atoms with Crippen LogP contribution in [0.25, 0.3) is 0 Å². The van der Waals surface area contributed by atoms with Crippen LogP contribution in [0.1, 0.15) is 19.8 Å². The fraction of sp³-hybridized carbons (Fsp3) is 0.500. The van der Waals surface area contributed by atoms with Crippen LogP contribution in [0.15, 0.2) is 24.3 Å². The second-order valence-electron chi connectivity index (χ2n) is 5.25. The second-order valence-corrected chi connectivity index (χ2v) is 5.25. The fourth-order valence-electron chi connectivity index (χ4n) is 2.34. The molecule has 5 nitrogen and oxygen atoms in total. The average molecular weight is 308 g/mol. The Hall–Kier alpha value is -2.11. The lowest BCUT2D eigenvalue weighted by Gasteiger charge is -2.34. The van der Waals surface area contributed by atoms with Crippen molar-refractivity contribution in [1.82, 2.24) is 9.80 Å². The molecule has 1 heterocycles. The van der Waals surface area contributed by atoms with Gasteiger partial charge in [-0.05, 0) is 30.7 Å². The summed E-state index contributed by atoms with van der Waals surface area (Å²) in [7, 11) is 0. The zero-order valence-corrected chi connectivity index (χ0v) is 12.8. The normalized spacial score (nSPS) is 14.8. The van der Waals surface area contributed by atoms with Crippen molar-refractivity contribution in [2.45, 2.75) is 19.8 Å². The van der Waals surface area contributed by atoms with Crippen LogP contribution in [0, 0.1) is 5.82 Å². The van der Waals surface area contributed by atoms with Crippen LogP contribution in [-0.2, 0) is 9.59 Å². The van der Waals surface area contributed by atoms with Crippen LogP contribution in [0.4, 0.5) is 4.39 Å². The number of ether oxygens (including phenoxy) is 1. The molecule has 0 bridgehead atoms. The third-order valence-electron chi connectivity index (χ3n) is 3.62. The van der Waals surface area contributed by atoms with E-state index in [0.717, 1.165) is 6.42 Å². The Labute approximate surface area is 129 Å². The van der Waals surface area contributed by atoms with Gasteiger partial charge in [0.1, 0.15) is 11.6 Å². The number of nitrogens with zero attached hydrogens (tertiary/aromatic N) is 2. The van der Waals surface area contributed by atoms with Crippen molar-refractivity contribution in [2.75, 3.05) is 32.8 Å². The predicted molar refractivity (Wildman–Crippen MR) is 80.0 cm³/mol. The van der Waals surface area contributed by atoms with Gasteiger partial charge in [-0.2, -0.15) is 0 Å². The summed E-state index contributed by atoms with van der Waals surface area (Å²) in [6.45, 7) is 4.10. The maximum atomic E-state index is 12.8. The lowest BCUT2D eigenvalue weighted by atomic mass is 10.2. The highest BCUT2D eigenvalue weighted by molar-refractivity contribution is 5.79. The van der Waals surface area contributed by atoms with E-state index in [1.165, 1.54) is 24.3 Å². The van der Waals surface area contributed by atoms with Crippen molar-refractivity contribution in [3.63, 3.8) is 0 Å². The van der Waals surface area contributed by atoms with E-state index < -0.39 is 0 Å². The van der Waals surface area contributed by atoms with Gasteiger partial charge in [0.2, 0.25) is 5.91 Å².